The lowest BCUT2D eigenvalue weighted by molar-refractivity contribution is 0.0956. The van der Waals surface area contributed by atoms with Gasteiger partial charge < -0.3 is 0 Å². The van der Waals surface area contributed by atoms with Crippen molar-refractivity contribution in [2.45, 2.75) is 6.92 Å². The zero-order valence-electron chi connectivity index (χ0n) is 7.42. The van der Waals surface area contributed by atoms with Gasteiger partial charge in [0.15, 0.2) is 5.78 Å². The molecule has 0 aliphatic heterocycles. The quantitative estimate of drug-likeness (QED) is 0.774. The van der Waals surface area contributed by atoms with Gasteiger partial charge in [0.25, 0.3) is 0 Å². The zero-order valence-corrected chi connectivity index (χ0v) is 9.76. The van der Waals surface area contributed by atoms with Crippen LogP contribution in [0, 0.1) is 17.2 Å². The molecule has 0 spiro atoms. The molecule has 1 aromatic carbocycles. The SMILES string of the molecule is CC(C#N)C(=O)c1cc(Cl)ccc1Br. The maximum atomic E-state index is 11.6. The van der Waals surface area contributed by atoms with E-state index in [0.717, 1.165) is 0 Å². The molecule has 14 heavy (non-hydrogen) atoms. The van der Waals surface area contributed by atoms with Crippen LogP contribution in [0.1, 0.15) is 17.3 Å². The Morgan fingerprint density at radius 2 is 2.29 bits per heavy atom. The highest BCUT2D eigenvalue weighted by atomic mass is 79.9. The molecule has 0 aliphatic carbocycles. The van der Waals surface area contributed by atoms with Crippen molar-refractivity contribution in [1.82, 2.24) is 0 Å². The molecule has 1 unspecified atom stereocenters. The summed E-state index contributed by atoms with van der Waals surface area (Å²) in [6, 6.07) is 6.83. The van der Waals surface area contributed by atoms with Crippen molar-refractivity contribution in [2.24, 2.45) is 5.92 Å². The summed E-state index contributed by atoms with van der Waals surface area (Å²) in [5.41, 5.74) is 0.451. The summed E-state index contributed by atoms with van der Waals surface area (Å²) < 4.78 is 0.661. The lowest BCUT2D eigenvalue weighted by atomic mass is 10.0. The molecule has 0 radical (unpaired) electrons. The van der Waals surface area contributed by atoms with E-state index >= 15 is 0 Å². The minimum atomic E-state index is -0.648. The molecule has 0 N–H and O–H groups in total. The van der Waals surface area contributed by atoms with Crippen LogP contribution in [0.2, 0.25) is 5.02 Å². The third-order valence-corrected chi connectivity index (χ3v) is 2.71. The minimum absolute atomic E-state index is 0.220. The van der Waals surface area contributed by atoms with Crippen molar-refractivity contribution in [2.75, 3.05) is 0 Å². The van der Waals surface area contributed by atoms with Gasteiger partial charge in [-0.1, -0.05) is 27.5 Å². The van der Waals surface area contributed by atoms with E-state index < -0.39 is 5.92 Å². The number of ketones is 1. The first-order valence-electron chi connectivity index (χ1n) is 3.95. The van der Waals surface area contributed by atoms with Crippen LogP contribution < -0.4 is 0 Å². The van der Waals surface area contributed by atoms with Crippen LogP contribution in [0.15, 0.2) is 22.7 Å². The maximum absolute atomic E-state index is 11.6. The van der Waals surface area contributed by atoms with E-state index in [1.807, 2.05) is 6.07 Å². The Kier molecular flexibility index (Phi) is 3.68. The van der Waals surface area contributed by atoms with E-state index in [2.05, 4.69) is 15.9 Å². The molecule has 0 bridgehead atoms. The normalized spacial score (nSPS) is 11.9. The number of carbonyl (C=O) groups is 1. The molecule has 0 aliphatic rings. The van der Waals surface area contributed by atoms with Gasteiger partial charge in [0.2, 0.25) is 0 Å². The van der Waals surface area contributed by atoms with Crippen molar-refractivity contribution in [3.05, 3.63) is 33.3 Å². The van der Waals surface area contributed by atoms with Crippen LogP contribution in [0.4, 0.5) is 0 Å². The summed E-state index contributed by atoms with van der Waals surface area (Å²) >= 11 is 8.99. The molecule has 2 nitrogen and oxygen atoms in total. The molecule has 0 saturated carbocycles. The first kappa shape index (κ1) is 11.2. The summed E-state index contributed by atoms with van der Waals surface area (Å²) in [5, 5.41) is 9.10. The standard InChI is InChI=1S/C10H7BrClNO/c1-6(5-13)10(14)8-4-7(12)2-3-9(8)11/h2-4,6H,1H3. The van der Waals surface area contributed by atoms with E-state index in [1.54, 1.807) is 25.1 Å². The number of benzene rings is 1. The van der Waals surface area contributed by atoms with Crippen LogP contribution in [-0.4, -0.2) is 5.78 Å². The Morgan fingerprint density at radius 1 is 1.64 bits per heavy atom. The van der Waals surface area contributed by atoms with Gasteiger partial charge >= 0.3 is 0 Å². The number of hydrogen-bond acceptors (Lipinski definition) is 2. The van der Waals surface area contributed by atoms with E-state index in [0.29, 0.717) is 15.1 Å². The number of hydrogen-bond donors (Lipinski definition) is 0. The van der Waals surface area contributed by atoms with Gasteiger partial charge in [0.1, 0.15) is 5.92 Å². The Morgan fingerprint density at radius 3 is 2.86 bits per heavy atom. The molecule has 0 aromatic heterocycles. The number of rotatable bonds is 2. The lowest BCUT2D eigenvalue weighted by Crippen LogP contribution is -2.09. The fourth-order valence-corrected chi connectivity index (χ4v) is 1.59. The number of carbonyl (C=O) groups excluding carboxylic acids is 1. The topological polar surface area (TPSA) is 40.9 Å². The van der Waals surface area contributed by atoms with Crippen LogP contribution in [0.25, 0.3) is 0 Å². The Labute approximate surface area is 95.6 Å². The van der Waals surface area contributed by atoms with E-state index in [-0.39, 0.29) is 5.78 Å². The van der Waals surface area contributed by atoms with Gasteiger partial charge in [-0.25, -0.2) is 0 Å². The molecule has 0 saturated heterocycles. The average molecular weight is 273 g/mol. The number of Topliss-reactive ketones (excluding diaryl/α,β-unsaturated/α-hetero) is 1. The number of nitrogens with zero attached hydrogens (tertiary/aromatic N) is 1. The molecule has 0 amide bonds. The molecule has 72 valence electrons. The fraction of sp³-hybridized carbons (Fsp3) is 0.200. The van der Waals surface area contributed by atoms with Crippen molar-refractivity contribution < 1.29 is 4.79 Å². The molecule has 0 fully saturated rings. The summed E-state index contributed by atoms with van der Waals surface area (Å²) in [4.78, 5) is 11.6. The largest absolute Gasteiger partial charge is 0.293 e. The predicted molar refractivity (Wildman–Crippen MR) is 58.3 cm³/mol. The smallest absolute Gasteiger partial charge is 0.180 e. The first-order chi connectivity index (χ1) is 6.56. The van der Waals surface area contributed by atoms with Crippen LogP contribution >= 0.6 is 27.5 Å². The highest BCUT2D eigenvalue weighted by Gasteiger charge is 2.17. The van der Waals surface area contributed by atoms with E-state index in [9.17, 15) is 4.79 Å². The highest BCUT2D eigenvalue weighted by molar-refractivity contribution is 9.10. The van der Waals surface area contributed by atoms with Crippen molar-refractivity contribution in [3.63, 3.8) is 0 Å². The zero-order chi connectivity index (χ0) is 10.7. The predicted octanol–water partition coefficient (Wildman–Crippen LogP) is 3.44. The van der Waals surface area contributed by atoms with Gasteiger partial charge in [-0.3, -0.25) is 4.79 Å². The lowest BCUT2D eigenvalue weighted by Gasteiger charge is -2.04. The van der Waals surface area contributed by atoms with Crippen molar-refractivity contribution in [3.8, 4) is 6.07 Å². The van der Waals surface area contributed by atoms with E-state index in [4.69, 9.17) is 16.9 Å². The highest BCUT2D eigenvalue weighted by Crippen LogP contribution is 2.23. The molecule has 1 rings (SSSR count). The van der Waals surface area contributed by atoms with Gasteiger partial charge in [0, 0.05) is 15.1 Å². The molecule has 1 aromatic rings. The van der Waals surface area contributed by atoms with Crippen molar-refractivity contribution >= 4 is 33.3 Å². The van der Waals surface area contributed by atoms with Crippen LogP contribution in [-0.2, 0) is 0 Å². The number of nitriles is 1. The summed E-state index contributed by atoms with van der Waals surface area (Å²) in [6.45, 7) is 1.57. The molecular formula is C10H7BrClNO. The molecule has 0 heterocycles. The summed E-state index contributed by atoms with van der Waals surface area (Å²) in [5.74, 6) is -0.869. The first-order valence-corrected chi connectivity index (χ1v) is 5.12. The summed E-state index contributed by atoms with van der Waals surface area (Å²) in [6.07, 6.45) is 0. The Hall–Kier alpha value is -0.850. The second kappa shape index (κ2) is 4.59. The molecule has 4 heteroatoms. The maximum Gasteiger partial charge on any atom is 0.180 e. The molecular weight excluding hydrogens is 265 g/mol. The summed E-state index contributed by atoms with van der Waals surface area (Å²) in [7, 11) is 0. The van der Waals surface area contributed by atoms with Crippen LogP contribution in [0.3, 0.4) is 0 Å². The Bertz CT molecular complexity index is 411. The van der Waals surface area contributed by atoms with Crippen molar-refractivity contribution in [1.29, 1.82) is 5.26 Å². The second-order valence-electron chi connectivity index (χ2n) is 2.84. The van der Waals surface area contributed by atoms with Gasteiger partial charge in [-0.05, 0) is 25.1 Å². The third kappa shape index (κ3) is 2.34. The average Bonchev–Trinajstić information content (AvgIpc) is 2.19. The minimum Gasteiger partial charge on any atom is -0.293 e. The second-order valence-corrected chi connectivity index (χ2v) is 4.13. The molecule has 1 atom stereocenters. The van der Waals surface area contributed by atoms with Gasteiger partial charge in [-0.15, -0.1) is 0 Å². The van der Waals surface area contributed by atoms with Crippen LogP contribution in [0.5, 0.6) is 0 Å². The van der Waals surface area contributed by atoms with Gasteiger partial charge in [0.05, 0.1) is 6.07 Å². The number of halogens is 2. The Balaban J connectivity index is 3.14. The third-order valence-electron chi connectivity index (χ3n) is 1.78. The monoisotopic (exact) mass is 271 g/mol. The van der Waals surface area contributed by atoms with E-state index in [1.165, 1.54) is 0 Å². The van der Waals surface area contributed by atoms with Gasteiger partial charge in [-0.2, -0.15) is 5.26 Å². The fourth-order valence-electron chi connectivity index (χ4n) is 0.978.